The summed E-state index contributed by atoms with van der Waals surface area (Å²) in [6.07, 6.45) is -2.34. The zero-order valence-electron chi connectivity index (χ0n) is 18.7. The van der Waals surface area contributed by atoms with Crippen molar-refractivity contribution in [3.8, 4) is 5.75 Å². The smallest absolute Gasteiger partial charge is 0.433 e. The second kappa shape index (κ2) is 11.4. The number of halogens is 4. The van der Waals surface area contributed by atoms with E-state index in [4.69, 9.17) is 16.3 Å². The Morgan fingerprint density at radius 1 is 1.09 bits per heavy atom. The first-order valence-electron chi connectivity index (χ1n) is 10.6. The number of nitrogens with one attached hydrogen (secondary N) is 2. The summed E-state index contributed by atoms with van der Waals surface area (Å²) in [6.45, 7) is 0. The Morgan fingerprint density at radius 3 is 2.41 bits per heavy atom. The maximum absolute atomic E-state index is 12.8. The minimum atomic E-state index is -4.49. The lowest BCUT2D eigenvalue weighted by Gasteiger charge is -2.26. The molecule has 0 radical (unpaired) electrons. The van der Waals surface area contributed by atoms with Crippen molar-refractivity contribution >= 4 is 17.5 Å². The van der Waals surface area contributed by atoms with Crippen molar-refractivity contribution in [2.24, 2.45) is 0 Å². The number of nitrogens with zero attached hydrogens (tertiary/aromatic N) is 1. The van der Waals surface area contributed by atoms with Crippen LogP contribution < -0.4 is 15.4 Å². The van der Waals surface area contributed by atoms with Gasteiger partial charge in [-0.2, -0.15) is 13.2 Å². The number of pyridine rings is 1. The number of ether oxygens (including phenoxy) is 1. The molecular formula is C25H25ClF3N3O2. The van der Waals surface area contributed by atoms with Gasteiger partial charge in [0.05, 0.1) is 12.1 Å². The van der Waals surface area contributed by atoms with Crippen LogP contribution in [0.3, 0.4) is 0 Å². The van der Waals surface area contributed by atoms with Crippen molar-refractivity contribution in [1.82, 2.24) is 15.6 Å². The van der Waals surface area contributed by atoms with E-state index < -0.39 is 17.9 Å². The molecule has 34 heavy (non-hydrogen) atoms. The zero-order valence-corrected chi connectivity index (χ0v) is 19.5. The molecule has 2 atom stereocenters. The molecule has 180 valence electrons. The Labute approximate surface area is 201 Å². The van der Waals surface area contributed by atoms with Crippen LogP contribution in [0.1, 0.15) is 40.9 Å². The largest absolute Gasteiger partial charge is 0.495 e. The average Bonchev–Trinajstić information content (AvgIpc) is 2.84. The number of hydrogen-bond donors (Lipinski definition) is 2. The molecule has 0 aliphatic heterocycles. The molecule has 0 unspecified atom stereocenters. The van der Waals surface area contributed by atoms with Gasteiger partial charge in [-0.25, -0.2) is 0 Å². The monoisotopic (exact) mass is 491 g/mol. The molecule has 0 spiro atoms. The molecule has 1 amide bonds. The normalized spacial score (nSPS) is 13.2. The second-order valence-electron chi connectivity index (χ2n) is 7.66. The van der Waals surface area contributed by atoms with Crippen LogP contribution in [0.2, 0.25) is 5.02 Å². The van der Waals surface area contributed by atoms with Gasteiger partial charge in [0.25, 0.3) is 0 Å². The molecule has 5 nitrogen and oxygen atoms in total. The molecule has 0 saturated carbocycles. The Hall–Kier alpha value is -3.10. The topological polar surface area (TPSA) is 63.2 Å². The lowest BCUT2D eigenvalue weighted by atomic mass is 9.96. The van der Waals surface area contributed by atoms with Gasteiger partial charge in [0.2, 0.25) is 5.91 Å². The first-order valence-corrected chi connectivity index (χ1v) is 11.0. The molecule has 3 aromatic rings. The van der Waals surface area contributed by atoms with E-state index >= 15 is 0 Å². The van der Waals surface area contributed by atoms with E-state index in [0.29, 0.717) is 29.2 Å². The van der Waals surface area contributed by atoms with Crippen LogP contribution in [0, 0.1) is 0 Å². The molecule has 0 aliphatic rings. The number of carbonyl (C=O) groups is 1. The molecule has 0 saturated heterocycles. The van der Waals surface area contributed by atoms with Crippen LogP contribution in [0.4, 0.5) is 13.2 Å². The second-order valence-corrected chi connectivity index (χ2v) is 8.07. The molecule has 0 fully saturated rings. The molecule has 0 bridgehead atoms. The van der Waals surface area contributed by atoms with E-state index in [1.54, 1.807) is 19.2 Å². The number of alkyl halides is 3. The summed E-state index contributed by atoms with van der Waals surface area (Å²) < 4.78 is 43.9. The fourth-order valence-corrected chi connectivity index (χ4v) is 3.80. The highest BCUT2D eigenvalue weighted by Crippen LogP contribution is 2.32. The van der Waals surface area contributed by atoms with Gasteiger partial charge >= 0.3 is 6.18 Å². The van der Waals surface area contributed by atoms with E-state index in [1.807, 2.05) is 36.4 Å². The van der Waals surface area contributed by atoms with Crippen LogP contribution in [-0.2, 0) is 17.4 Å². The molecular weight excluding hydrogens is 467 g/mol. The van der Waals surface area contributed by atoms with Gasteiger partial charge in [0.1, 0.15) is 17.5 Å². The van der Waals surface area contributed by atoms with Gasteiger partial charge in [-0.05, 0) is 47.7 Å². The van der Waals surface area contributed by atoms with E-state index in [1.165, 1.54) is 19.4 Å². The first-order chi connectivity index (χ1) is 16.2. The summed E-state index contributed by atoms with van der Waals surface area (Å²) >= 11 is 6.19. The number of amides is 1. The molecule has 1 heterocycles. The third-order valence-electron chi connectivity index (χ3n) is 5.42. The number of hydrogen-bond acceptors (Lipinski definition) is 4. The standard InChI is InChI=1S/C25H25ClF3N3O2/c1-30-24(33)23(17-6-4-3-5-7-17)32-20(18-10-11-19(26)21(14-18)34-2)12-8-16-9-13-22(31-15-16)25(27,28)29/h3-7,9-11,13-15,20,23,32H,8,12H2,1-2H3,(H,30,33)/t20-,23-/m0/s1. The van der Waals surface area contributed by atoms with Crippen LogP contribution in [-0.4, -0.2) is 25.0 Å². The number of methoxy groups -OCH3 is 1. The van der Waals surface area contributed by atoms with E-state index in [2.05, 4.69) is 15.6 Å². The summed E-state index contributed by atoms with van der Waals surface area (Å²) in [7, 11) is 3.08. The van der Waals surface area contributed by atoms with Gasteiger partial charge in [-0.3, -0.25) is 15.1 Å². The minimum Gasteiger partial charge on any atom is -0.495 e. The zero-order chi connectivity index (χ0) is 24.7. The van der Waals surface area contributed by atoms with Crippen LogP contribution in [0.15, 0.2) is 66.9 Å². The van der Waals surface area contributed by atoms with Crippen molar-refractivity contribution < 1.29 is 22.7 Å². The van der Waals surface area contributed by atoms with Crippen molar-refractivity contribution in [3.05, 3.63) is 94.3 Å². The van der Waals surface area contributed by atoms with E-state index in [-0.39, 0.29) is 11.9 Å². The molecule has 3 rings (SSSR count). The number of carbonyl (C=O) groups excluding carboxylic acids is 1. The van der Waals surface area contributed by atoms with Crippen molar-refractivity contribution in [3.63, 3.8) is 0 Å². The highest BCUT2D eigenvalue weighted by atomic mass is 35.5. The number of likely N-dealkylation sites (N-methyl/N-ethyl adjacent to an activating group) is 1. The number of aromatic nitrogens is 1. The number of benzene rings is 2. The van der Waals surface area contributed by atoms with Crippen molar-refractivity contribution in [2.75, 3.05) is 14.2 Å². The molecule has 2 aromatic carbocycles. The van der Waals surface area contributed by atoms with Gasteiger partial charge in [-0.15, -0.1) is 0 Å². The Balaban J connectivity index is 1.89. The molecule has 0 aliphatic carbocycles. The molecule has 9 heteroatoms. The lowest BCUT2D eigenvalue weighted by molar-refractivity contribution is -0.141. The minimum absolute atomic E-state index is 0.215. The summed E-state index contributed by atoms with van der Waals surface area (Å²) in [6, 6.07) is 16.0. The van der Waals surface area contributed by atoms with Crippen LogP contribution >= 0.6 is 11.6 Å². The summed E-state index contributed by atoms with van der Waals surface area (Å²) in [5, 5.41) is 6.53. The Morgan fingerprint density at radius 2 is 1.82 bits per heavy atom. The van der Waals surface area contributed by atoms with Crippen molar-refractivity contribution in [1.29, 1.82) is 0 Å². The Kier molecular flexibility index (Phi) is 8.52. The van der Waals surface area contributed by atoms with Crippen molar-refractivity contribution in [2.45, 2.75) is 31.1 Å². The highest BCUT2D eigenvalue weighted by Gasteiger charge is 2.32. The SMILES string of the molecule is CNC(=O)[C@@H](N[C@@H](CCc1ccc(C(F)(F)F)nc1)c1ccc(Cl)c(OC)c1)c1ccccc1. The number of aryl methyl sites for hydroxylation is 1. The maximum Gasteiger partial charge on any atom is 0.433 e. The highest BCUT2D eigenvalue weighted by molar-refractivity contribution is 6.32. The molecule has 1 aromatic heterocycles. The van der Waals surface area contributed by atoms with E-state index in [0.717, 1.165) is 17.2 Å². The average molecular weight is 492 g/mol. The summed E-state index contributed by atoms with van der Waals surface area (Å²) in [5.41, 5.74) is 1.32. The fraction of sp³-hybridized carbons (Fsp3) is 0.280. The summed E-state index contributed by atoms with van der Waals surface area (Å²) in [4.78, 5) is 16.3. The number of rotatable bonds is 9. The Bertz CT molecular complexity index is 1090. The predicted molar refractivity (Wildman–Crippen MR) is 125 cm³/mol. The van der Waals surface area contributed by atoms with Gasteiger partial charge < -0.3 is 10.1 Å². The predicted octanol–water partition coefficient (Wildman–Crippen LogP) is 5.51. The quantitative estimate of drug-likeness (QED) is 0.414. The third-order valence-corrected chi connectivity index (χ3v) is 5.74. The van der Waals surface area contributed by atoms with E-state index in [9.17, 15) is 18.0 Å². The molecule has 2 N–H and O–H groups in total. The fourth-order valence-electron chi connectivity index (χ4n) is 3.60. The third kappa shape index (κ3) is 6.48. The maximum atomic E-state index is 12.8. The van der Waals surface area contributed by atoms with Crippen LogP contribution in [0.25, 0.3) is 0 Å². The van der Waals surface area contributed by atoms with Gasteiger partial charge in [0.15, 0.2) is 0 Å². The van der Waals surface area contributed by atoms with Crippen LogP contribution in [0.5, 0.6) is 5.75 Å². The first kappa shape index (κ1) is 25.5. The van der Waals surface area contributed by atoms with Gasteiger partial charge in [0, 0.05) is 19.3 Å². The summed E-state index contributed by atoms with van der Waals surface area (Å²) in [5.74, 6) is 0.270. The van der Waals surface area contributed by atoms with Gasteiger partial charge in [-0.1, -0.05) is 54.1 Å². The lowest BCUT2D eigenvalue weighted by Crippen LogP contribution is -2.38.